The van der Waals surface area contributed by atoms with E-state index in [9.17, 15) is 0 Å². The fraction of sp³-hybridized carbons (Fsp3) is 0.600. The third-order valence-electron chi connectivity index (χ3n) is 4.13. The Kier molecular flexibility index (Phi) is 4.31. The molecule has 2 unspecified atom stereocenters. The van der Waals surface area contributed by atoms with Gasteiger partial charge in [0.05, 0.1) is 0 Å². The second kappa shape index (κ2) is 5.60. The summed E-state index contributed by atoms with van der Waals surface area (Å²) >= 11 is 5.93. The zero-order valence-electron chi connectivity index (χ0n) is 11.3. The molecule has 0 aliphatic carbocycles. The predicted octanol–water partition coefficient (Wildman–Crippen LogP) is 2.94. The van der Waals surface area contributed by atoms with Crippen molar-refractivity contribution in [3.63, 3.8) is 0 Å². The van der Waals surface area contributed by atoms with Crippen LogP contribution in [0.1, 0.15) is 25.8 Å². The first-order chi connectivity index (χ1) is 8.53. The fourth-order valence-corrected chi connectivity index (χ4v) is 2.91. The molecule has 1 aromatic carbocycles. The first-order valence-corrected chi connectivity index (χ1v) is 7.11. The highest BCUT2D eigenvalue weighted by molar-refractivity contribution is 6.30. The molecule has 0 saturated carbocycles. The summed E-state index contributed by atoms with van der Waals surface area (Å²) in [5, 5.41) is 0.794. The molecule has 1 aliphatic heterocycles. The third-order valence-corrected chi connectivity index (χ3v) is 4.38. The van der Waals surface area contributed by atoms with Crippen molar-refractivity contribution in [2.24, 2.45) is 11.7 Å². The Morgan fingerprint density at radius 1 is 1.39 bits per heavy atom. The van der Waals surface area contributed by atoms with Gasteiger partial charge in [-0.1, -0.05) is 30.7 Å². The normalized spacial score (nSPS) is 24.1. The number of hydrogen-bond acceptors (Lipinski definition) is 2. The Morgan fingerprint density at radius 2 is 2.06 bits per heavy atom. The van der Waals surface area contributed by atoms with Gasteiger partial charge in [-0.05, 0) is 49.9 Å². The van der Waals surface area contributed by atoms with Crippen LogP contribution in [-0.4, -0.2) is 30.1 Å². The van der Waals surface area contributed by atoms with E-state index in [1.54, 1.807) is 0 Å². The van der Waals surface area contributed by atoms with Gasteiger partial charge in [-0.25, -0.2) is 0 Å². The quantitative estimate of drug-likeness (QED) is 0.908. The van der Waals surface area contributed by atoms with Crippen LogP contribution < -0.4 is 5.73 Å². The van der Waals surface area contributed by atoms with E-state index in [0.29, 0.717) is 6.54 Å². The summed E-state index contributed by atoms with van der Waals surface area (Å²) in [6.07, 6.45) is 2.28. The van der Waals surface area contributed by atoms with Crippen molar-refractivity contribution < 1.29 is 0 Å². The van der Waals surface area contributed by atoms with Crippen molar-refractivity contribution in [2.45, 2.75) is 32.2 Å². The molecule has 1 fully saturated rings. The van der Waals surface area contributed by atoms with E-state index in [0.717, 1.165) is 17.4 Å². The molecule has 3 heteroatoms. The van der Waals surface area contributed by atoms with Crippen molar-refractivity contribution in [3.05, 3.63) is 34.9 Å². The van der Waals surface area contributed by atoms with Crippen LogP contribution in [0.2, 0.25) is 5.02 Å². The minimum absolute atomic E-state index is 0.0680. The van der Waals surface area contributed by atoms with Gasteiger partial charge in [0, 0.05) is 23.7 Å². The van der Waals surface area contributed by atoms with Crippen LogP contribution in [0.3, 0.4) is 0 Å². The summed E-state index contributed by atoms with van der Waals surface area (Å²) < 4.78 is 0. The van der Waals surface area contributed by atoms with E-state index in [1.165, 1.54) is 25.1 Å². The Bertz CT molecular complexity index is 390. The van der Waals surface area contributed by atoms with Gasteiger partial charge < -0.3 is 5.73 Å². The summed E-state index contributed by atoms with van der Waals surface area (Å²) in [6, 6.07) is 8.13. The zero-order valence-corrected chi connectivity index (χ0v) is 12.1. The Balaban J connectivity index is 2.10. The molecule has 0 radical (unpaired) electrons. The highest BCUT2D eigenvalue weighted by Crippen LogP contribution is 2.27. The van der Waals surface area contributed by atoms with Gasteiger partial charge in [0.1, 0.15) is 0 Å². The first kappa shape index (κ1) is 13.9. The molecule has 2 nitrogen and oxygen atoms in total. The van der Waals surface area contributed by atoms with Gasteiger partial charge in [-0.2, -0.15) is 0 Å². The van der Waals surface area contributed by atoms with E-state index in [1.807, 2.05) is 12.1 Å². The minimum atomic E-state index is 0.0680. The van der Waals surface area contributed by atoms with Crippen molar-refractivity contribution in [2.75, 3.05) is 19.6 Å². The molecule has 1 heterocycles. The molecular formula is C15H23ClN2. The fourth-order valence-electron chi connectivity index (χ4n) is 2.78. The Morgan fingerprint density at radius 3 is 2.56 bits per heavy atom. The maximum absolute atomic E-state index is 6.04. The van der Waals surface area contributed by atoms with E-state index < -0.39 is 0 Å². The van der Waals surface area contributed by atoms with Gasteiger partial charge in [0.15, 0.2) is 0 Å². The van der Waals surface area contributed by atoms with Gasteiger partial charge in [-0.15, -0.1) is 0 Å². The van der Waals surface area contributed by atoms with Gasteiger partial charge in [0.2, 0.25) is 0 Å². The molecule has 2 N–H and O–H groups in total. The Labute approximate surface area is 115 Å². The van der Waals surface area contributed by atoms with Gasteiger partial charge in [-0.3, -0.25) is 4.90 Å². The maximum atomic E-state index is 6.04. The Hall–Kier alpha value is -0.570. The molecule has 0 amide bonds. The number of likely N-dealkylation sites (tertiary alicyclic amines) is 1. The molecular weight excluding hydrogens is 244 g/mol. The number of hydrogen-bond donors (Lipinski definition) is 1. The molecule has 1 aromatic rings. The van der Waals surface area contributed by atoms with Crippen LogP contribution in [0.15, 0.2) is 24.3 Å². The predicted molar refractivity (Wildman–Crippen MR) is 78.0 cm³/mol. The number of halogens is 1. The molecule has 1 aliphatic rings. The van der Waals surface area contributed by atoms with Crippen LogP contribution in [0.4, 0.5) is 0 Å². The van der Waals surface area contributed by atoms with E-state index in [4.69, 9.17) is 17.3 Å². The lowest BCUT2D eigenvalue weighted by atomic mass is 9.91. The molecule has 2 atom stereocenters. The van der Waals surface area contributed by atoms with Gasteiger partial charge >= 0.3 is 0 Å². The van der Waals surface area contributed by atoms with Gasteiger partial charge in [0.25, 0.3) is 0 Å². The van der Waals surface area contributed by atoms with Crippen LogP contribution in [0.25, 0.3) is 0 Å². The molecule has 1 saturated heterocycles. The van der Waals surface area contributed by atoms with E-state index >= 15 is 0 Å². The topological polar surface area (TPSA) is 29.3 Å². The van der Waals surface area contributed by atoms with E-state index in [2.05, 4.69) is 30.9 Å². The number of nitrogens with zero attached hydrogens (tertiary/aromatic N) is 1. The molecule has 0 aromatic heterocycles. The van der Waals surface area contributed by atoms with Crippen LogP contribution in [0, 0.1) is 5.92 Å². The minimum Gasteiger partial charge on any atom is -0.329 e. The van der Waals surface area contributed by atoms with Crippen molar-refractivity contribution in [1.29, 1.82) is 0 Å². The lowest BCUT2D eigenvalue weighted by Crippen LogP contribution is -2.52. The molecule has 18 heavy (non-hydrogen) atoms. The van der Waals surface area contributed by atoms with Crippen molar-refractivity contribution >= 4 is 11.6 Å². The highest BCUT2D eigenvalue weighted by atomic mass is 35.5. The van der Waals surface area contributed by atoms with Crippen LogP contribution in [-0.2, 0) is 6.42 Å². The number of rotatable bonds is 4. The largest absolute Gasteiger partial charge is 0.329 e. The van der Waals surface area contributed by atoms with E-state index in [-0.39, 0.29) is 5.54 Å². The zero-order chi connectivity index (χ0) is 13.2. The summed E-state index contributed by atoms with van der Waals surface area (Å²) in [4.78, 5) is 2.55. The average Bonchev–Trinajstić information content (AvgIpc) is 2.79. The van der Waals surface area contributed by atoms with Crippen molar-refractivity contribution in [3.8, 4) is 0 Å². The van der Waals surface area contributed by atoms with Crippen LogP contribution >= 0.6 is 11.6 Å². The number of benzene rings is 1. The standard InChI is InChI=1S/C15H23ClN2/c1-12-7-8-18(10-12)15(2,11-17)9-13-3-5-14(16)6-4-13/h3-6,12H,7-11,17H2,1-2H3. The highest BCUT2D eigenvalue weighted by Gasteiger charge is 2.34. The molecule has 2 rings (SSSR count). The lowest BCUT2D eigenvalue weighted by Gasteiger charge is -2.38. The second-order valence-corrected chi connectivity index (χ2v) is 6.28. The summed E-state index contributed by atoms with van der Waals surface area (Å²) in [5.41, 5.74) is 7.42. The summed E-state index contributed by atoms with van der Waals surface area (Å²) in [6.45, 7) is 7.63. The maximum Gasteiger partial charge on any atom is 0.0406 e. The molecule has 0 spiro atoms. The SMILES string of the molecule is CC1CCN(C(C)(CN)Cc2ccc(Cl)cc2)C1. The smallest absolute Gasteiger partial charge is 0.0406 e. The first-order valence-electron chi connectivity index (χ1n) is 6.73. The summed E-state index contributed by atoms with van der Waals surface area (Å²) in [7, 11) is 0. The average molecular weight is 267 g/mol. The third kappa shape index (κ3) is 3.05. The van der Waals surface area contributed by atoms with Crippen molar-refractivity contribution in [1.82, 2.24) is 4.90 Å². The number of nitrogens with two attached hydrogens (primary N) is 1. The molecule has 0 bridgehead atoms. The monoisotopic (exact) mass is 266 g/mol. The summed E-state index contributed by atoms with van der Waals surface area (Å²) in [5.74, 6) is 0.793. The lowest BCUT2D eigenvalue weighted by molar-refractivity contribution is 0.138. The van der Waals surface area contributed by atoms with Crippen LogP contribution in [0.5, 0.6) is 0 Å². The second-order valence-electron chi connectivity index (χ2n) is 5.84. The molecule has 100 valence electrons.